The molecule has 0 saturated carbocycles. The van der Waals surface area contributed by atoms with Gasteiger partial charge in [-0.25, -0.2) is 0 Å². The number of ether oxygens (including phenoxy) is 2. The van der Waals surface area contributed by atoms with E-state index in [4.69, 9.17) is 4.74 Å². The fraction of sp³-hybridized carbons (Fsp3) is 0.200. The number of anilines is 1. The Labute approximate surface area is 193 Å². The van der Waals surface area contributed by atoms with Crippen LogP contribution in [0.5, 0.6) is 5.75 Å². The van der Waals surface area contributed by atoms with Crippen LogP contribution in [0.3, 0.4) is 0 Å². The van der Waals surface area contributed by atoms with Gasteiger partial charge in [0.2, 0.25) is 5.91 Å². The number of rotatable bonds is 7. The Kier molecular flexibility index (Phi) is 6.83. The van der Waals surface area contributed by atoms with Crippen molar-refractivity contribution in [2.45, 2.75) is 13.0 Å². The van der Waals surface area contributed by atoms with Crippen LogP contribution in [-0.2, 0) is 16.1 Å². The number of nitrogens with zero attached hydrogens (tertiary/aromatic N) is 1. The highest BCUT2D eigenvalue weighted by Crippen LogP contribution is 2.30. The zero-order valence-corrected chi connectivity index (χ0v) is 18.0. The van der Waals surface area contributed by atoms with Crippen LogP contribution in [0.25, 0.3) is 11.1 Å². The van der Waals surface area contributed by atoms with Crippen molar-refractivity contribution in [3.05, 3.63) is 83.9 Å². The van der Waals surface area contributed by atoms with E-state index >= 15 is 0 Å². The SMILES string of the molecule is O=C1CN(CCOCc2ccccc2)C(=O)c2cc(-c3ccc(OC(F)(F)F)cc3)ccc2N1. The van der Waals surface area contributed by atoms with Crippen LogP contribution in [0.15, 0.2) is 72.8 Å². The summed E-state index contributed by atoms with van der Waals surface area (Å²) in [5.74, 6) is -0.997. The summed E-state index contributed by atoms with van der Waals surface area (Å²) in [5.41, 5.74) is 2.88. The maximum Gasteiger partial charge on any atom is 0.573 e. The number of carbonyl (C=O) groups is 2. The molecule has 1 heterocycles. The summed E-state index contributed by atoms with van der Waals surface area (Å²) in [5, 5.41) is 2.73. The summed E-state index contributed by atoms with van der Waals surface area (Å²) in [6.07, 6.45) is -4.77. The number of carbonyl (C=O) groups excluding carboxylic acids is 2. The van der Waals surface area contributed by atoms with Crippen LogP contribution in [0.4, 0.5) is 18.9 Å². The first-order chi connectivity index (χ1) is 16.3. The molecule has 34 heavy (non-hydrogen) atoms. The van der Waals surface area contributed by atoms with Gasteiger partial charge in [0.25, 0.3) is 5.91 Å². The molecule has 0 radical (unpaired) electrons. The molecule has 1 aliphatic rings. The first-order valence-corrected chi connectivity index (χ1v) is 10.5. The van der Waals surface area contributed by atoms with Gasteiger partial charge in [0.15, 0.2) is 0 Å². The second kappa shape index (κ2) is 9.96. The molecule has 0 fully saturated rings. The number of fused-ring (bicyclic) bond motifs is 1. The Morgan fingerprint density at radius 2 is 1.62 bits per heavy atom. The van der Waals surface area contributed by atoms with Gasteiger partial charge in [-0.1, -0.05) is 48.5 Å². The molecule has 2 amide bonds. The van der Waals surface area contributed by atoms with Gasteiger partial charge in [0.1, 0.15) is 12.3 Å². The molecule has 0 aromatic heterocycles. The fourth-order valence-corrected chi connectivity index (χ4v) is 3.58. The lowest BCUT2D eigenvalue weighted by Gasteiger charge is -2.20. The lowest BCUT2D eigenvalue weighted by atomic mass is 10.0. The van der Waals surface area contributed by atoms with E-state index in [1.807, 2.05) is 30.3 Å². The third-order valence-electron chi connectivity index (χ3n) is 5.18. The molecule has 3 aromatic rings. The summed E-state index contributed by atoms with van der Waals surface area (Å²) in [6.45, 7) is 0.765. The van der Waals surface area contributed by atoms with Crippen LogP contribution < -0.4 is 10.1 Å². The maximum atomic E-state index is 13.2. The molecule has 0 bridgehead atoms. The van der Waals surface area contributed by atoms with Crippen LogP contribution in [0, 0.1) is 0 Å². The molecule has 3 aromatic carbocycles. The zero-order chi connectivity index (χ0) is 24.1. The number of alkyl halides is 3. The van der Waals surface area contributed by atoms with Crippen LogP contribution in [0.1, 0.15) is 15.9 Å². The first kappa shape index (κ1) is 23.3. The number of nitrogens with one attached hydrogen (secondary N) is 1. The molecule has 1 aliphatic heterocycles. The monoisotopic (exact) mass is 470 g/mol. The van der Waals surface area contributed by atoms with Crippen molar-refractivity contribution in [2.24, 2.45) is 0 Å². The summed E-state index contributed by atoms with van der Waals surface area (Å²) in [7, 11) is 0. The topological polar surface area (TPSA) is 67.9 Å². The molecule has 0 spiro atoms. The van der Waals surface area contributed by atoms with Gasteiger partial charge in [-0.2, -0.15) is 0 Å². The molecular weight excluding hydrogens is 449 g/mol. The van der Waals surface area contributed by atoms with Crippen molar-refractivity contribution in [3.63, 3.8) is 0 Å². The van der Waals surface area contributed by atoms with Gasteiger partial charge in [-0.05, 0) is 41.0 Å². The third-order valence-corrected chi connectivity index (χ3v) is 5.18. The van der Waals surface area contributed by atoms with Crippen LogP contribution in [0.2, 0.25) is 0 Å². The van der Waals surface area contributed by atoms with Crippen molar-refractivity contribution in [1.82, 2.24) is 4.90 Å². The lowest BCUT2D eigenvalue weighted by molar-refractivity contribution is -0.274. The van der Waals surface area contributed by atoms with E-state index in [1.54, 1.807) is 18.2 Å². The number of benzene rings is 3. The highest BCUT2D eigenvalue weighted by atomic mass is 19.4. The van der Waals surface area contributed by atoms with E-state index in [0.717, 1.165) is 5.56 Å². The van der Waals surface area contributed by atoms with Crippen LogP contribution in [-0.4, -0.2) is 42.8 Å². The summed E-state index contributed by atoms with van der Waals surface area (Å²) >= 11 is 0. The van der Waals surface area contributed by atoms with Gasteiger partial charge in [-0.15, -0.1) is 13.2 Å². The van der Waals surface area contributed by atoms with Gasteiger partial charge >= 0.3 is 6.36 Å². The molecule has 0 saturated heterocycles. The first-order valence-electron chi connectivity index (χ1n) is 10.5. The lowest BCUT2D eigenvalue weighted by Crippen LogP contribution is -2.37. The smallest absolute Gasteiger partial charge is 0.406 e. The Hall–Kier alpha value is -3.85. The van der Waals surface area contributed by atoms with Crippen LogP contribution >= 0.6 is 0 Å². The molecule has 0 atom stereocenters. The van der Waals surface area contributed by atoms with Crippen molar-refractivity contribution >= 4 is 17.5 Å². The molecular formula is C25H21F3N2O4. The number of hydrogen-bond acceptors (Lipinski definition) is 4. The largest absolute Gasteiger partial charge is 0.573 e. The summed E-state index contributed by atoms with van der Waals surface area (Å²) in [6, 6.07) is 19.8. The van der Waals surface area contributed by atoms with E-state index in [1.165, 1.54) is 29.2 Å². The predicted octanol–water partition coefficient (Wildman–Crippen LogP) is 4.86. The van der Waals surface area contributed by atoms with Gasteiger partial charge in [-0.3, -0.25) is 9.59 Å². The minimum Gasteiger partial charge on any atom is -0.406 e. The van der Waals surface area contributed by atoms with Crippen molar-refractivity contribution in [3.8, 4) is 16.9 Å². The van der Waals surface area contributed by atoms with E-state index < -0.39 is 6.36 Å². The molecule has 6 nitrogen and oxygen atoms in total. The minimum atomic E-state index is -4.77. The Balaban J connectivity index is 1.47. The second-order valence-corrected chi connectivity index (χ2v) is 7.65. The summed E-state index contributed by atoms with van der Waals surface area (Å²) < 4.78 is 46.7. The standard InChI is InChI=1S/C25H21F3N2O4/c26-25(27,28)34-20-9-6-18(7-10-20)19-8-11-22-21(14-19)24(32)30(15-23(31)29-22)12-13-33-16-17-4-2-1-3-5-17/h1-11,14H,12-13,15-16H2,(H,29,31). The molecule has 176 valence electrons. The summed E-state index contributed by atoms with van der Waals surface area (Å²) in [4.78, 5) is 26.9. The van der Waals surface area contributed by atoms with Gasteiger partial charge in [0.05, 0.1) is 24.5 Å². The van der Waals surface area contributed by atoms with E-state index in [2.05, 4.69) is 10.1 Å². The maximum absolute atomic E-state index is 13.2. The van der Waals surface area contributed by atoms with Gasteiger partial charge < -0.3 is 19.7 Å². The Morgan fingerprint density at radius 1 is 0.912 bits per heavy atom. The quantitative estimate of drug-likeness (QED) is 0.501. The van der Waals surface area contributed by atoms with Crippen molar-refractivity contribution in [1.29, 1.82) is 0 Å². The second-order valence-electron chi connectivity index (χ2n) is 7.65. The Morgan fingerprint density at radius 3 is 2.32 bits per heavy atom. The van der Waals surface area contributed by atoms with E-state index in [-0.39, 0.29) is 37.3 Å². The van der Waals surface area contributed by atoms with Gasteiger partial charge in [0, 0.05) is 6.54 Å². The highest BCUT2D eigenvalue weighted by Gasteiger charge is 2.31. The molecule has 4 rings (SSSR count). The minimum absolute atomic E-state index is 0.110. The average molecular weight is 470 g/mol. The predicted molar refractivity (Wildman–Crippen MR) is 119 cm³/mol. The van der Waals surface area contributed by atoms with E-state index in [0.29, 0.717) is 29.0 Å². The van der Waals surface area contributed by atoms with Crippen molar-refractivity contribution in [2.75, 3.05) is 25.0 Å². The number of halogens is 3. The zero-order valence-electron chi connectivity index (χ0n) is 18.0. The highest BCUT2D eigenvalue weighted by molar-refractivity contribution is 6.09. The van der Waals surface area contributed by atoms with Crippen molar-refractivity contribution < 1.29 is 32.2 Å². The third kappa shape index (κ3) is 5.93. The number of hydrogen-bond donors (Lipinski definition) is 1. The average Bonchev–Trinajstić information content (AvgIpc) is 2.92. The molecule has 9 heteroatoms. The molecule has 0 aliphatic carbocycles. The molecule has 1 N–H and O–H groups in total. The normalized spacial score (nSPS) is 13.8. The fourth-order valence-electron chi connectivity index (χ4n) is 3.58. The Bertz CT molecular complexity index is 1170. The molecule has 0 unspecified atom stereocenters. The number of amides is 2. The van der Waals surface area contributed by atoms with E-state index in [9.17, 15) is 22.8 Å².